The van der Waals surface area contributed by atoms with Gasteiger partial charge in [-0.2, -0.15) is 15.4 Å². The van der Waals surface area contributed by atoms with Crippen LogP contribution in [0.3, 0.4) is 0 Å². The lowest BCUT2D eigenvalue weighted by Crippen LogP contribution is -2.03. The number of nitrogens with zero attached hydrogens (tertiary/aromatic N) is 4. The maximum absolute atomic E-state index is 4.08. The van der Waals surface area contributed by atoms with Gasteiger partial charge in [0, 0.05) is 12.4 Å². The third-order valence-corrected chi connectivity index (χ3v) is 2.79. The summed E-state index contributed by atoms with van der Waals surface area (Å²) >= 11 is 0. The van der Waals surface area contributed by atoms with E-state index in [0.717, 1.165) is 11.0 Å². The molecule has 2 heterocycles. The molecule has 16 heavy (non-hydrogen) atoms. The summed E-state index contributed by atoms with van der Waals surface area (Å²) in [7, 11) is 0. The van der Waals surface area contributed by atoms with E-state index in [1.807, 2.05) is 24.7 Å². The average molecular weight is 213 g/mol. The zero-order valence-electron chi connectivity index (χ0n) is 8.83. The van der Waals surface area contributed by atoms with Crippen molar-refractivity contribution in [3.05, 3.63) is 42.5 Å². The fourth-order valence-electron chi connectivity index (χ4n) is 1.79. The molecule has 5 heteroatoms. The monoisotopic (exact) mass is 213 g/mol. The van der Waals surface area contributed by atoms with Crippen LogP contribution in [-0.4, -0.2) is 25.0 Å². The Morgan fingerprint density at radius 3 is 2.94 bits per heavy atom. The minimum absolute atomic E-state index is 0.253. The molecular formula is C11H11N5. The number of benzene rings is 1. The zero-order valence-corrected chi connectivity index (χ0v) is 8.83. The Morgan fingerprint density at radius 2 is 2.12 bits per heavy atom. The van der Waals surface area contributed by atoms with Crippen LogP contribution in [0.25, 0.3) is 11.0 Å². The molecule has 0 saturated heterocycles. The highest BCUT2D eigenvalue weighted by molar-refractivity contribution is 5.74. The lowest BCUT2D eigenvalue weighted by atomic mass is 10.1. The molecule has 2 aromatic heterocycles. The predicted octanol–water partition coefficient (Wildman–Crippen LogP) is 1.76. The summed E-state index contributed by atoms with van der Waals surface area (Å²) in [4.78, 5) is 4.05. The summed E-state index contributed by atoms with van der Waals surface area (Å²) in [6.07, 6.45) is 5.56. The van der Waals surface area contributed by atoms with Crippen LogP contribution >= 0.6 is 0 Å². The van der Waals surface area contributed by atoms with E-state index >= 15 is 0 Å². The molecule has 5 nitrogen and oxygen atoms in total. The number of nitrogens with one attached hydrogen (secondary N) is 1. The standard InChI is InChI=1S/C11H11N5/c1-8(16-5-4-12-7-16)9-2-3-10-11(6-9)14-15-13-10/h2-8H,1H3,(H,13,14,15). The molecular weight excluding hydrogens is 202 g/mol. The third-order valence-electron chi connectivity index (χ3n) is 2.79. The first kappa shape index (κ1) is 9.08. The van der Waals surface area contributed by atoms with E-state index in [2.05, 4.69) is 38.0 Å². The van der Waals surface area contributed by atoms with Crippen molar-refractivity contribution in [3.8, 4) is 0 Å². The Morgan fingerprint density at radius 1 is 1.25 bits per heavy atom. The van der Waals surface area contributed by atoms with Crippen molar-refractivity contribution in [1.82, 2.24) is 25.0 Å². The maximum Gasteiger partial charge on any atom is 0.113 e. The molecule has 0 bridgehead atoms. The van der Waals surface area contributed by atoms with Gasteiger partial charge in [0.05, 0.1) is 12.4 Å². The van der Waals surface area contributed by atoms with Crippen LogP contribution in [0, 0.1) is 0 Å². The van der Waals surface area contributed by atoms with Gasteiger partial charge in [-0.1, -0.05) is 6.07 Å². The molecule has 0 radical (unpaired) electrons. The van der Waals surface area contributed by atoms with E-state index in [1.165, 1.54) is 5.56 Å². The largest absolute Gasteiger partial charge is 0.330 e. The van der Waals surface area contributed by atoms with Gasteiger partial charge in [0.15, 0.2) is 0 Å². The van der Waals surface area contributed by atoms with Crippen LogP contribution in [-0.2, 0) is 0 Å². The minimum atomic E-state index is 0.253. The second-order valence-corrected chi connectivity index (χ2v) is 3.76. The van der Waals surface area contributed by atoms with E-state index in [0.29, 0.717) is 0 Å². The van der Waals surface area contributed by atoms with E-state index in [9.17, 15) is 0 Å². The highest BCUT2D eigenvalue weighted by atomic mass is 15.3. The number of hydrogen-bond acceptors (Lipinski definition) is 3. The van der Waals surface area contributed by atoms with Gasteiger partial charge in [-0.25, -0.2) is 4.98 Å². The molecule has 0 aliphatic rings. The third kappa shape index (κ3) is 1.37. The Hall–Kier alpha value is -2.17. The van der Waals surface area contributed by atoms with E-state index in [-0.39, 0.29) is 6.04 Å². The number of aromatic amines is 1. The Kier molecular flexibility index (Phi) is 1.96. The first-order valence-electron chi connectivity index (χ1n) is 5.12. The number of hydrogen-bond donors (Lipinski definition) is 1. The molecule has 1 atom stereocenters. The lowest BCUT2D eigenvalue weighted by Gasteiger charge is -2.12. The molecule has 3 rings (SSSR count). The van der Waals surface area contributed by atoms with Crippen molar-refractivity contribution >= 4 is 11.0 Å². The predicted molar refractivity (Wildman–Crippen MR) is 59.9 cm³/mol. The van der Waals surface area contributed by atoms with E-state index in [4.69, 9.17) is 0 Å². The van der Waals surface area contributed by atoms with Gasteiger partial charge in [0.25, 0.3) is 0 Å². The summed E-state index contributed by atoms with van der Waals surface area (Å²) in [5, 5.41) is 10.7. The molecule has 0 aliphatic carbocycles. The van der Waals surface area contributed by atoms with Crippen LogP contribution < -0.4 is 0 Å². The molecule has 3 aromatic rings. The van der Waals surface area contributed by atoms with Gasteiger partial charge in [-0.05, 0) is 24.6 Å². The van der Waals surface area contributed by atoms with Crippen LogP contribution in [0.15, 0.2) is 36.9 Å². The topological polar surface area (TPSA) is 59.4 Å². The molecule has 1 N–H and O–H groups in total. The first-order chi connectivity index (χ1) is 7.84. The highest BCUT2D eigenvalue weighted by Gasteiger charge is 2.08. The molecule has 0 saturated carbocycles. The fraction of sp³-hybridized carbons (Fsp3) is 0.182. The summed E-state index contributed by atoms with van der Waals surface area (Å²) in [6.45, 7) is 2.13. The molecule has 1 aromatic carbocycles. The Labute approximate surface area is 92.1 Å². The van der Waals surface area contributed by atoms with E-state index in [1.54, 1.807) is 6.20 Å². The number of aromatic nitrogens is 5. The van der Waals surface area contributed by atoms with Gasteiger partial charge in [0.2, 0.25) is 0 Å². The number of imidazole rings is 1. The summed E-state index contributed by atoms with van der Waals surface area (Å²) in [6, 6.07) is 6.34. The second-order valence-electron chi connectivity index (χ2n) is 3.76. The molecule has 1 unspecified atom stereocenters. The highest BCUT2D eigenvalue weighted by Crippen LogP contribution is 2.20. The molecule has 0 fully saturated rings. The maximum atomic E-state index is 4.08. The van der Waals surface area contributed by atoms with Gasteiger partial charge < -0.3 is 4.57 Å². The Bertz CT molecular complexity index is 596. The normalized spacial score (nSPS) is 13.1. The summed E-state index contributed by atoms with van der Waals surface area (Å²) < 4.78 is 2.06. The van der Waals surface area contributed by atoms with Crippen LogP contribution in [0.1, 0.15) is 18.5 Å². The van der Waals surface area contributed by atoms with Crippen molar-refractivity contribution in [2.24, 2.45) is 0 Å². The van der Waals surface area contributed by atoms with Crippen molar-refractivity contribution in [2.45, 2.75) is 13.0 Å². The first-order valence-corrected chi connectivity index (χ1v) is 5.12. The summed E-state index contributed by atoms with van der Waals surface area (Å²) in [5.41, 5.74) is 2.98. The van der Waals surface area contributed by atoms with Gasteiger partial charge in [-0.15, -0.1) is 0 Å². The van der Waals surface area contributed by atoms with Crippen molar-refractivity contribution < 1.29 is 0 Å². The number of rotatable bonds is 2. The van der Waals surface area contributed by atoms with Crippen molar-refractivity contribution in [3.63, 3.8) is 0 Å². The lowest BCUT2D eigenvalue weighted by molar-refractivity contribution is 0.639. The smallest absolute Gasteiger partial charge is 0.113 e. The molecule has 0 amide bonds. The van der Waals surface area contributed by atoms with Crippen molar-refractivity contribution in [2.75, 3.05) is 0 Å². The van der Waals surface area contributed by atoms with E-state index < -0.39 is 0 Å². The van der Waals surface area contributed by atoms with Gasteiger partial charge in [-0.3, -0.25) is 0 Å². The zero-order chi connectivity index (χ0) is 11.0. The van der Waals surface area contributed by atoms with Crippen LogP contribution in [0.2, 0.25) is 0 Å². The van der Waals surface area contributed by atoms with Gasteiger partial charge in [0.1, 0.15) is 11.0 Å². The van der Waals surface area contributed by atoms with Crippen LogP contribution in [0.5, 0.6) is 0 Å². The average Bonchev–Trinajstić information content (AvgIpc) is 2.98. The number of H-pyrrole nitrogens is 1. The number of fused-ring (bicyclic) bond motifs is 1. The quantitative estimate of drug-likeness (QED) is 0.705. The minimum Gasteiger partial charge on any atom is -0.330 e. The van der Waals surface area contributed by atoms with Crippen molar-refractivity contribution in [1.29, 1.82) is 0 Å². The molecule has 0 aliphatic heterocycles. The fourth-order valence-corrected chi connectivity index (χ4v) is 1.79. The van der Waals surface area contributed by atoms with Gasteiger partial charge >= 0.3 is 0 Å². The molecule has 0 spiro atoms. The Balaban J connectivity index is 2.05. The molecule has 80 valence electrons. The SMILES string of the molecule is CC(c1ccc2n[nH]nc2c1)n1ccnc1. The van der Waals surface area contributed by atoms with Crippen LogP contribution in [0.4, 0.5) is 0 Å². The second kappa shape index (κ2) is 3.44. The summed E-state index contributed by atoms with van der Waals surface area (Å²) in [5.74, 6) is 0.